The Balaban J connectivity index is 1.65. The van der Waals surface area contributed by atoms with Crippen LogP contribution in [0.15, 0.2) is 24.3 Å². The van der Waals surface area contributed by atoms with Crippen molar-refractivity contribution in [2.24, 2.45) is 0 Å². The first-order valence-electron chi connectivity index (χ1n) is 7.31. The number of hydrogen-bond donors (Lipinski definition) is 4. The maximum atomic E-state index is 11.9. The number of hydrogen-bond acceptors (Lipinski definition) is 8. The van der Waals surface area contributed by atoms with Crippen LogP contribution in [-0.2, 0) is 19.1 Å². The molecule has 1 saturated heterocycles. The number of carbonyl (C=O) groups is 2. The molecule has 0 aromatic heterocycles. The van der Waals surface area contributed by atoms with Gasteiger partial charge in [-0.25, -0.2) is 9.59 Å². The van der Waals surface area contributed by atoms with Gasteiger partial charge in [-0.2, -0.15) is 0 Å². The summed E-state index contributed by atoms with van der Waals surface area (Å²) >= 11 is 0. The van der Waals surface area contributed by atoms with Crippen molar-refractivity contribution in [1.82, 2.24) is 0 Å². The molecule has 128 valence electrons. The van der Waals surface area contributed by atoms with Gasteiger partial charge in [0.1, 0.15) is 6.10 Å². The topological polar surface area (TPSA) is 134 Å². The molecule has 0 spiro atoms. The van der Waals surface area contributed by atoms with Crippen molar-refractivity contribution < 1.29 is 39.5 Å². The highest BCUT2D eigenvalue weighted by Crippen LogP contribution is 2.39. The summed E-state index contributed by atoms with van der Waals surface area (Å²) in [6, 6.07) is 4.00. The summed E-state index contributed by atoms with van der Waals surface area (Å²) in [5.41, 5.74) is -1.26. The SMILES string of the molecule is O=C(/C=C/c1ccc(O)c(O)c1)O[C@H]1[C@H](O)C[C@@]2(O)C[C@@H]1OC2=O. The smallest absolute Gasteiger partial charge is 0.338 e. The van der Waals surface area contributed by atoms with E-state index in [9.17, 15) is 30.0 Å². The van der Waals surface area contributed by atoms with E-state index in [0.717, 1.165) is 6.08 Å². The van der Waals surface area contributed by atoms with Crippen LogP contribution in [0, 0.1) is 0 Å². The zero-order valence-corrected chi connectivity index (χ0v) is 12.5. The molecule has 1 aliphatic heterocycles. The van der Waals surface area contributed by atoms with Gasteiger partial charge in [0.2, 0.25) is 0 Å². The van der Waals surface area contributed by atoms with E-state index in [1.807, 2.05) is 0 Å². The summed E-state index contributed by atoms with van der Waals surface area (Å²) in [4.78, 5) is 23.4. The molecule has 1 saturated carbocycles. The van der Waals surface area contributed by atoms with Gasteiger partial charge < -0.3 is 29.9 Å². The fraction of sp³-hybridized carbons (Fsp3) is 0.375. The Bertz CT molecular complexity index is 712. The molecule has 1 heterocycles. The molecule has 24 heavy (non-hydrogen) atoms. The lowest BCUT2D eigenvalue weighted by atomic mass is 9.82. The fourth-order valence-corrected chi connectivity index (χ4v) is 2.90. The Labute approximate surface area is 136 Å². The molecule has 0 radical (unpaired) electrons. The Morgan fingerprint density at radius 2 is 2.04 bits per heavy atom. The Kier molecular flexibility index (Phi) is 3.94. The minimum absolute atomic E-state index is 0.0314. The summed E-state index contributed by atoms with van der Waals surface area (Å²) in [5, 5.41) is 38.5. The van der Waals surface area contributed by atoms with Crippen molar-refractivity contribution in [3.05, 3.63) is 29.8 Å². The molecule has 4 atom stereocenters. The number of ether oxygens (including phenoxy) is 2. The van der Waals surface area contributed by atoms with Crippen molar-refractivity contribution in [3.63, 3.8) is 0 Å². The van der Waals surface area contributed by atoms with Gasteiger partial charge in [-0.05, 0) is 23.8 Å². The van der Waals surface area contributed by atoms with Crippen molar-refractivity contribution in [2.75, 3.05) is 0 Å². The van der Waals surface area contributed by atoms with Crippen molar-refractivity contribution in [1.29, 1.82) is 0 Å². The maximum Gasteiger partial charge on any atom is 0.338 e. The normalized spacial score (nSPS) is 31.9. The minimum Gasteiger partial charge on any atom is -0.504 e. The van der Waals surface area contributed by atoms with Gasteiger partial charge in [0.25, 0.3) is 0 Å². The van der Waals surface area contributed by atoms with E-state index < -0.39 is 35.9 Å². The molecule has 1 aromatic rings. The number of aliphatic hydroxyl groups is 2. The van der Waals surface area contributed by atoms with Crippen LogP contribution in [-0.4, -0.2) is 56.3 Å². The van der Waals surface area contributed by atoms with E-state index in [4.69, 9.17) is 9.47 Å². The van der Waals surface area contributed by atoms with Crippen LogP contribution in [0.5, 0.6) is 11.5 Å². The number of benzene rings is 1. The van der Waals surface area contributed by atoms with Crippen LogP contribution >= 0.6 is 0 Å². The summed E-state index contributed by atoms with van der Waals surface area (Å²) in [7, 11) is 0. The number of rotatable bonds is 3. The Hall–Kier alpha value is -2.58. The van der Waals surface area contributed by atoms with Gasteiger partial charge in [-0.3, -0.25) is 0 Å². The third-order valence-corrected chi connectivity index (χ3v) is 4.13. The highest BCUT2D eigenvalue weighted by atomic mass is 16.6. The van der Waals surface area contributed by atoms with E-state index in [0.29, 0.717) is 5.56 Å². The lowest BCUT2D eigenvalue weighted by Gasteiger charge is -2.32. The lowest BCUT2D eigenvalue weighted by Crippen LogP contribution is -2.50. The average molecular weight is 336 g/mol. The standard InChI is InChI=1S/C16H16O8/c17-9-3-1-8(5-10(9)18)2-4-13(20)24-14-11(19)6-16(22)7-12(14)23-15(16)21/h1-5,11-12,14,17-19,22H,6-7H2/b4-2+/t11-,12+,14+,16-/m1/s1. The zero-order chi connectivity index (χ0) is 17.5. The van der Waals surface area contributed by atoms with Gasteiger partial charge >= 0.3 is 11.9 Å². The second-order valence-electron chi connectivity index (χ2n) is 5.93. The molecule has 2 fully saturated rings. The number of aromatic hydroxyl groups is 2. The molecule has 8 nitrogen and oxygen atoms in total. The van der Waals surface area contributed by atoms with Gasteiger partial charge in [0.15, 0.2) is 23.2 Å². The minimum atomic E-state index is -1.72. The lowest BCUT2D eigenvalue weighted by molar-refractivity contribution is -0.165. The first kappa shape index (κ1) is 16.3. The number of carbonyl (C=O) groups excluding carboxylic acids is 2. The number of phenols is 2. The maximum absolute atomic E-state index is 11.9. The van der Waals surface area contributed by atoms with Crippen LogP contribution in [0.1, 0.15) is 18.4 Å². The van der Waals surface area contributed by atoms with Gasteiger partial charge in [0, 0.05) is 18.9 Å². The van der Waals surface area contributed by atoms with Crippen molar-refractivity contribution in [3.8, 4) is 11.5 Å². The van der Waals surface area contributed by atoms with E-state index in [1.165, 1.54) is 24.3 Å². The third kappa shape index (κ3) is 2.93. The van der Waals surface area contributed by atoms with Crippen LogP contribution in [0.3, 0.4) is 0 Å². The van der Waals surface area contributed by atoms with Crippen LogP contribution < -0.4 is 0 Å². The molecule has 1 aromatic carbocycles. The summed E-state index contributed by atoms with van der Waals surface area (Å²) in [6.07, 6.45) is -1.01. The highest BCUT2D eigenvalue weighted by Gasteiger charge is 2.58. The van der Waals surface area contributed by atoms with Crippen molar-refractivity contribution in [2.45, 2.75) is 36.8 Å². The number of aliphatic hydroxyl groups excluding tert-OH is 1. The van der Waals surface area contributed by atoms with E-state index in [2.05, 4.69) is 0 Å². The molecular weight excluding hydrogens is 320 g/mol. The number of phenolic OH excluding ortho intramolecular Hbond substituents is 2. The number of esters is 2. The largest absolute Gasteiger partial charge is 0.504 e. The molecule has 3 rings (SSSR count). The van der Waals surface area contributed by atoms with Crippen LogP contribution in [0.4, 0.5) is 0 Å². The molecule has 0 unspecified atom stereocenters. The van der Waals surface area contributed by atoms with E-state index in [1.54, 1.807) is 0 Å². The predicted octanol–water partition coefficient (Wildman–Crippen LogP) is -0.166. The molecule has 8 heteroatoms. The van der Waals surface area contributed by atoms with Gasteiger partial charge in [0.05, 0.1) is 6.10 Å². The first-order chi connectivity index (χ1) is 11.3. The monoisotopic (exact) mass is 336 g/mol. The van der Waals surface area contributed by atoms with Crippen LogP contribution in [0.2, 0.25) is 0 Å². The first-order valence-corrected chi connectivity index (χ1v) is 7.31. The van der Waals surface area contributed by atoms with Gasteiger partial charge in [-0.15, -0.1) is 0 Å². The summed E-state index contributed by atoms with van der Waals surface area (Å²) < 4.78 is 10.1. The molecule has 1 aliphatic carbocycles. The van der Waals surface area contributed by atoms with E-state index in [-0.39, 0.29) is 24.3 Å². The zero-order valence-electron chi connectivity index (χ0n) is 12.5. The van der Waals surface area contributed by atoms with E-state index >= 15 is 0 Å². The molecular formula is C16H16O8. The highest BCUT2D eigenvalue weighted by molar-refractivity contribution is 5.87. The average Bonchev–Trinajstić information content (AvgIpc) is 2.76. The Morgan fingerprint density at radius 3 is 2.75 bits per heavy atom. The second-order valence-corrected chi connectivity index (χ2v) is 5.93. The number of fused-ring (bicyclic) bond motifs is 2. The van der Waals surface area contributed by atoms with Crippen molar-refractivity contribution >= 4 is 18.0 Å². The van der Waals surface area contributed by atoms with Gasteiger partial charge in [-0.1, -0.05) is 6.07 Å². The Morgan fingerprint density at radius 1 is 1.29 bits per heavy atom. The third-order valence-electron chi connectivity index (χ3n) is 4.13. The fourth-order valence-electron chi connectivity index (χ4n) is 2.90. The molecule has 0 amide bonds. The summed E-state index contributed by atoms with van der Waals surface area (Å²) in [6.45, 7) is 0. The molecule has 4 N–H and O–H groups in total. The second kappa shape index (κ2) is 5.81. The summed E-state index contributed by atoms with van der Waals surface area (Å²) in [5.74, 6) is -2.21. The predicted molar refractivity (Wildman–Crippen MR) is 78.8 cm³/mol. The molecule has 2 aliphatic rings. The quantitative estimate of drug-likeness (QED) is 0.340. The molecule has 2 bridgehead atoms. The van der Waals surface area contributed by atoms with Crippen LogP contribution in [0.25, 0.3) is 6.08 Å².